The molecule has 2 atom stereocenters. The first kappa shape index (κ1) is 13.4. The molecular formula is C16H25NO. The number of benzene rings is 1. The molecule has 1 aliphatic heterocycles. The third-order valence-corrected chi connectivity index (χ3v) is 3.78. The van der Waals surface area contributed by atoms with Crippen LogP contribution in [0.1, 0.15) is 51.3 Å². The van der Waals surface area contributed by atoms with Crippen LogP contribution in [0.5, 0.6) is 5.75 Å². The minimum Gasteiger partial charge on any atom is -0.496 e. The Bertz CT molecular complexity index is 420. The Morgan fingerprint density at radius 3 is 2.50 bits per heavy atom. The van der Waals surface area contributed by atoms with E-state index in [1.807, 2.05) is 0 Å². The second kappa shape index (κ2) is 4.93. The fourth-order valence-electron chi connectivity index (χ4n) is 2.69. The predicted octanol–water partition coefficient (Wildman–Crippen LogP) is 3.66. The van der Waals surface area contributed by atoms with Crippen LogP contribution >= 0.6 is 0 Å². The van der Waals surface area contributed by atoms with Gasteiger partial charge in [-0.1, -0.05) is 39.8 Å². The molecule has 1 heterocycles. The molecule has 0 radical (unpaired) electrons. The minimum absolute atomic E-state index is 0.117. The van der Waals surface area contributed by atoms with Crippen molar-refractivity contribution in [1.82, 2.24) is 5.32 Å². The third-order valence-electron chi connectivity index (χ3n) is 3.78. The van der Waals surface area contributed by atoms with Gasteiger partial charge in [0.25, 0.3) is 0 Å². The first-order chi connectivity index (χ1) is 8.41. The van der Waals surface area contributed by atoms with E-state index in [9.17, 15) is 0 Å². The summed E-state index contributed by atoms with van der Waals surface area (Å²) in [5, 5.41) is 3.60. The van der Waals surface area contributed by atoms with Gasteiger partial charge in [0.15, 0.2) is 0 Å². The first-order valence-corrected chi connectivity index (χ1v) is 6.83. The molecule has 2 rings (SSSR count). The van der Waals surface area contributed by atoms with Crippen molar-refractivity contribution in [3.63, 3.8) is 0 Å². The van der Waals surface area contributed by atoms with Crippen molar-refractivity contribution in [2.75, 3.05) is 13.7 Å². The summed E-state index contributed by atoms with van der Waals surface area (Å²) in [6, 6.07) is 7.13. The van der Waals surface area contributed by atoms with Crippen molar-refractivity contribution >= 4 is 0 Å². The van der Waals surface area contributed by atoms with Crippen molar-refractivity contribution in [2.45, 2.75) is 45.6 Å². The first-order valence-electron chi connectivity index (χ1n) is 6.83. The third kappa shape index (κ3) is 2.69. The van der Waals surface area contributed by atoms with Crippen LogP contribution in [-0.2, 0) is 5.41 Å². The van der Waals surface area contributed by atoms with Crippen molar-refractivity contribution in [1.29, 1.82) is 0 Å². The molecule has 1 fully saturated rings. The summed E-state index contributed by atoms with van der Waals surface area (Å²) in [4.78, 5) is 0. The van der Waals surface area contributed by atoms with E-state index in [0.717, 1.165) is 18.2 Å². The van der Waals surface area contributed by atoms with Crippen LogP contribution in [-0.4, -0.2) is 13.7 Å². The Morgan fingerprint density at radius 2 is 2.00 bits per heavy atom. The maximum atomic E-state index is 5.49. The highest BCUT2D eigenvalue weighted by atomic mass is 16.5. The van der Waals surface area contributed by atoms with Crippen LogP contribution in [0.25, 0.3) is 0 Å². The van der Waals surface area contributed by atoms with Crippen LogP contribution in [0.4, 0.5) is 0 Å². The van der Waals surface area contributed by atoms with E-state index >= 15 is 0 Å². The van der Waals surface area contributed by atoms with E-state index in [0.29, 0.717) is 6.04 Å². The number of hydrogen-bond acceptors (Lipinski definition) is 2. The molecule has 1 N–H and O–H groups in total. The molecule has 18 heavy (non-hydrogen) atoms. The SMILES string of the molecule is COc1ccc([C@H]2C[C@@H](C)CN2)cc1C(C)(C)C. The monoisotopic (exact) mass is 247 g/mol. The molecular weight excluding hydrogens is 222 g/mol. The van der Waals surface area contributed by atoms with E-state index in [-0.39, 0.29) is 5.41 Å². The lowest BCUT2D eigenvalue weighted by atomic mass is 9.84. The lowest BCUT2D eigenvalue weighted by Crippen LogP contribution is -2.17. The highest BCUT2D eigenvalue weighted by molar-refractivity contribution is 5.42. The van der Waals surface area contributed by atoms with Crippen LogP contribution < -0.4 is 10.1 Å². The average Bonchev–Trinajstić information content (AvgIpc) is 2.74. The molecule has 0 aromatic heterocycles. The Morgan fingerprint density at radius 1 is 1.28 bits per heavy atom. The summed E-state index contributed by atoms with van der Waals surface area (Å²) in [6.45, 7) is 10.1. The van der Waals surface area contributed by atoms with Gasteiger partial charge < -0.3 is 10.1 Å². The Labute approximate surface area is 111 Å². The Balaban J connectivity index is 2.34. The molecule has 0 unspecified atom stereocenters. The quantitative estimate of drug-likeness (QED) is 0.861. The van der Waals surface area contributed by atoms with Gasteiger partial charge in [0, 0.05) is 6.04 Å². The van der Waals surface area contributed by atoms with Gasteiger partial charge >= 0.3 is 0 Å². The van der Waals surface area contributed by atoms with E-state index in [1.165, 1.54) is 17.5 Å². The molecule has 100 valence electrons. The van der Waals surface area contributed by atoms with Crippen molar-refractivity contribution in [3.8, 4) is 5.75 Å². The van der Waals surface area contributed by atoms with Crippen LogP contribution in [0.3, 0.4) is 0 Å². The van der Waals surface area contributed by atoms with Gasteiger partial charge in [-0.2, -0.15) is 0 Å². The number of ether oxygens (including phenoxy) is 1. The Hall–Kier alpha value is -1.02. The highest BCUT2D eigenvalue weighted by Crippen LogP contribution is 2.35. The molecule has 1 aromatic carbocycles. The average molecular weight is 247 g/mol. The van der Waals surface area contributed by atoms with Gasteiger partial charge in [-0.3, -0.25) is 0 Å². The molecule has 2 heteroatoms. The zero-order chi connectivity index (χ0) is 13.3. The normalized spacial score (nSPS) is 24.3. The van der Waals surface area contributed by atoms with Gasteiger partial charge in [0.1, 0.15) is 5.75 Å². The smallest absolute Gasteiger partial charge is 0.122 e. The lowest BCUT2D eigenvalue weighted by Gasteiger charge is -2.24. The van der Waals surface area contributed by atoms with E-state index in [4.69, 9.17) is 4.74 Å². The summed E-state index contributed by atoms with van der Waals surface area (Å²) in [7, 11) is 1.75. The molecule has 0 aliphatic carbocycles. The highest BCUT2D eigenvalue weighted by Gasteiger charge is 2.25. The molecule has 2 nitrogen and oxygen atoms in total. The standard InChI is InChI=1S/C16H25NO/c1-11-8-14(17-10-11)12-6-7-15(18-5)13(9-12)16(2,3)4/h6-7,9,11,14,17H,8,10H2,1-5H3/t11-,14-/m1/s1. The second-order valence-electron chi connectivity index (χ2n) is 6.51. The predicted molar refractivity (Wildman–Crippen MR) is 76.2 cm³/mol. The topological polar surface area (TPSA) is 21.3 Å². The lowest BCUT2D eigenvalue weighted by molar-refractivity contribution is 0.397. The summed E-state index contributed by atoms with van der Waals surface area (Å²) in [5.74, 6) is 1.77. The van der Waals surface area contributed by atoms with E-state index < -0.39 is 0 Å². The zero-order valence-corrected chi connectivity index (χ0v) is 12.2. The fourth-order valence-corrected chi connectivity index (χ4v) is 2.69. The number of hydrogen-bond donors (Lipinski definition) is 1. The van der Waals surface area contributed by atoms with Gasteiger partial charge in [-0.25, -0.2) is 0 Å². The zero-order valence-electron chi connectivity index (χ0n) is 12.2. The largest absolute Gasteiger partial charge is 0.496 e. The molecule has 1 aliphatic rings. The molecule has 1 saturated heterocycles. The van der Waals surface area contributed by atoms with Crippen LogP contribution in [0, 0.1) is 5.92 Å². The van der Waals surface area contributed by atoms with Gasteiger partial charge in [0.05, 0.1) is 7.11 Å². The van der Waals surface area contributed by atoms with Crippen LogP contribution in [0.15, 0.2) is 18.2 Å². The molecule has 0 bridgehead atoms. The minimum atomic E-state index is 0.117. The second-order valence-corrected chi connectivity index (χ2v) is 6.51. The van der Waals surface area contributed by atoms with Crippen molar-refractivity contribution < 1.29 is 4.74 Å². The van der Waals surface area contributed by atoms with E-state index in [1.54, 1.807) is 7.11 Å². The number of rotatable bonds is 2. The number of nitrogens with one attached hydrogen (secondary N) is 1. The summed E-state index contributed by atoms with van der Waals surface area (Å²) < 4.78 is 5.49. The van der Waals surface area contributed by atoms with Gasteiger partial charge in [-0.15, -0.1) is 0 Å². The van der Waals surface area contributed by atoms with Gasteiger partial charge in [0.2, 0.25) is 0 Å². The van der Waals surface area contributed by atoms with Crippen molar-refractivity contribution in [2.24, 2.45) is 5.92 Å². The summed E-state index contributed by atoms with van der Waals surface area (Å²) in [6.07, 6.45) is 1.23. The number of methoxy groups -OCH3 is 1. The fraction of sp³-hybridized carbons (Fsp3) is 0.625. The molecule has 0 amide bonds. The Kier molecular flexibility index (Phi) is 3.67. The maximum Gasteiger partial charge on any atom is 0.122 e. The maximum absolute atomic E-state index is 5.49. The van der Waals surface area contributed by atoms with Crippen molar-refractivity contribution in [3.05, 3.63) is 29.3 Å². The molecule has 0 saturated carbocycles. The van der Waals surface area contributed by atoms with Gasteiger partial charge in [-0.05, 0) is 41.5 Å². The molecule has 0 spiro atoms. The summed E-state index contributed by atoms with van der Waals surface area (Å²) in [5.41, 5.74) is 2.81. The molecule has 1 aromatic rings. The van der Waals surface area contributed by atoms with Crippen LogP contribution in [0.2, 0.25) is 0 Å². The van der Waals surface area contributed by atoms with E-state index in [2.05, 4.69) is 51.2 Å². The summed E-state index contributed by atoms with van der Waals surface area (Å²) >= 11 is 0.